The number of hydrogen-bond acceptors (Lipinski definition) is 6. The lowest BCUT2D eigenvalue weighted by molar-refractivity contribution is -0.143. The molecule has 1 saturated heterocycles. The van der Waals surface area contributed by atoms with Crippen molar-refractivity contribution < 1.29 is 19.4 Å². The van der Waals surface area contributed by atoms with E-state index >= 15 is 0 Å². The van der Waals surface area contributed by atoms with Crippen molar-refractivity contribution in [2.24, 2.45) is 5.92 Å². The molecule has 2 heterocycles. The first kappa shape index (κ1) is 15.5. The first-order valence-electron chi connectivity index (χ1n) is 6.64. The zero-order chi connectivity index (χ0) is 15.6. The predicted molar refractivity (Wildman–Crippen MR) is 71.8 cm³/mol. The third kappa shape index (κ3) is 3.40. The molecule has 1 fully saturated rings. The Morgan fingerprint density at radius 1 is 1.57 bits per heavy atom. The van der Waals surface area contributed by atoms with Gasteiger partial charge in [-0.3, -0.25) is 19.1 Å². The van der Waals surface area contributed by atoms with Gasteiger partial charge in [-0.05, 0) is 6.92 Å². The first-order chi connectivity index (χ1) is 9.92. The smallest absolute Gasteiger partial charge is 0.330 e. The molecule has 8 heteroatoms. The van der Waals surface area contributed by atoms with E-state index in [2.05, 4.69) is 4.98 Å². The monoisotopic (exact) mass is 298 g/mol. The van der Waals surface area contributed by atoms with Gasteiger partial charge in [0.25, 0.3) is 5.56 Å². The summed E-state index contributed by atoms with van der Waals surface area (Å²) in [5.74, 6) is -0.616. The number of aliphatic hydroxyl groups excluding tert-OH is 1. The number of H-pyrrole nitrogens is 1. The molecule has 1 aromatic heterocycles. The largest absolute Gasteiger partial charge is 0.465 e. The fraction of sp³-hybridized carbons (Fsp3) is 0.615. The van der Waals surface area contributed by atoms with E-state index in [1.54, 1.807) is 6.92 Å². The van der Waals surface area contributed by atoms with Crippen LogP contribution in [-0.2, 0) is 14.3 Å². The zero-order valence-corrected chi connectivity index (χ0v) is 11.9. The number of rotatable bonds is 4. The Morgan fingerprint density at radius 2 is 2.29 bits per heavy atom. The lowest BCUT2D eigenvalue weighted by atomic mass is 10.0. The maximum atomic E-state index is 11.8. The van der Waals surface area contributed by atoms with Crippen molar-refractivity contribution in [3.05, 3.63) is 32.6 Å². The van der Waals surface area contributed by atoms with Crippen molar-refractivity contribution in [2.75, 3.05) is 13.2 Å². The van der Waals surface area contributed by atoms with Crippen molar-refractivity contribution in [1.82, 2.24) is 9.55 Å². The molecule has 116 valence electrons. The maximum Gasteiger partial charge on any atom is 0.330 e. The topological polar surface area (TPSA) is 111 Å². The van der Waals surface area contributed by atoms with Gasteiger partial charge in [0.1, 0.15) is 6.23 Å². The SMILES string of the molecule is CC(=O)OCC1C[C@H](n2cc(C)c(=O)[nH]c2=O)O[C@@H]1CO. The van der Waals surface area contributed by atoms with Crippen LogP contribution in [-0.4, -0.2) is 39.9 Å². The van der Waals surface area contributed by atoms with Crippen molar-refractivity contribution in [2.45, 2.75) is 32.6 Å². The summed E-state index contributed by atoms with van der Waals surface area (Å²) in [6, 6.07) is 0. The number of nitrogens with zero attached hydrogens (tertiary/aromatic N) is 1. The molecule has 0 bridgehead atoms. The predicted octanol–water partition coefficient (Wildman–Crippen LogP) is -0.696. The molecule has 0 aliphatic carbocycles. The van der Waals surface area contributed by atoms with Gasteiger partial charge in [0.05, 0.1) is 19.3 Å². The lowest BCUT2D eigenvalue weighted by Gasteiger charge is -2.15. The van der Waals surface area contributed by atoms with Gasteiger partial charge in [0, 0.05) is 31.0 Å². The van der Waals surface area contributed by atoms with Crippen molar-refractivity contribution >= 4 is 5.97 Å². The van der Waals surface area contributed by atoms with E-state index in [4.69, 9.17) is 9.47 Å². The van der Waals surface area contributed by atoms with E-state index in [0.29, 0.717) is 12.0 Å². The number of aryl methyl sites for hydroxylation is 1. The van der Waals surface area contributed by atoms with Gasteiger partial charge in [0.2, 0.25) is 0 Å². The van der Waals surface area contributed by atoms with Crippen LogP contribution in [0.5, 0.6) is 0 Å². The van der Waals surface area contributed by atoms with Gasteiger partial charge < -0.3 is 14.6 Å². The van der Waals surface area contributed by atoms with Crippen LogP contribution >= 0.6 is 0 Å². The lowest BCUT2D eigenvalue weighted by Crippen LogP contribution is -2.33. The van der Waals surface area contributed by atoms with E-state index in [1.807, 2.05) is 0 Å². The van der Waals surface area contributed by atoms with E-state index in [1.165, 1.54) is 17.7 Å². The van der Waals surface area contributed by atoms with Crippen molar-refractivity contribution in [1.29, 1.82) is 0 Å². The fourth-order valence-electron chi connectivity index (χ4n) is 2.35. The zero-order valence-electron chi connectivity index (χ0n) is 11.9. The minimum absolute atomic E-state index is 0.119. The van der Waals surface area contributed by atoms with Crippen LogP contribution < -0.4 is 11.2 Å². The molecule has 0 amide bonds. The summed E-state index contributed by atoms with van der Waals surface area (Å²) in [6.07, 6.45) is 0.706. The van der Waals surface area contributed by atoms with Gasteiger partial charge in [-0.2, -0.15) is 0 Å². The molecule has 1 unspecified atom stereocenters. The normalized spacial score (nSPS) is 25.0. The number of carbonyl (C=O) groups excluding carboxylic acids is 1. The summed E-state index contributed by atoms with van der Waals surface area (Å²) >= 11 is 0. The second-order valence-electron chi connectivity index (χ2n) is 5.09. The molecular weight excluding hydrogens is 280 g/mol. The summed E-state index contributed by atoms with van der Waals surface area (Å²) < 4.78 is 11.8. The Morgan fingerprint density at radius 3 is 2.90 bits per heavy atom. The molecule has 3 atom stereocenters. The summed E-state index contributed by atoms with van der Waals surface area (Å²) in [4.78, 5) is 36.3. The maximum absolute atomic E-state index is 11.8. The van der Waals surface area contributed by atoms with E-state index in [-0.39, 0.29) is 19.1 Å². The number of ether oxygens (including phenoxy) is 2. The van der Waals surface area contributed by atoms with Crippen molar-refractivity contribution in [3.63, 3.8) is 0 Å². The Labute approximate surface area is 120 Å². The van der Waals surface area contributed by atoms with E-state index in [9.17, 15) is 19.5 Å². The highest BCUT2D eigenvalue weighted by atomic mass is 16.5. The summed E-state index contributed by atoms with van der Waals surface area (Å²) in [5.41, 5.74) is -0.618. The number of aliphatic hydroxyl groups is 1. The molecule has 2 N–H and O–H groups in total. The van der Waals surface area contributed by atoms with Crippen LogP contribution in [0.15, 0.2) is 15.8 Å². The van der Waals surface area contributed by atoms with Gasteiger partial charge in [-0.15, -0.1) is 0 Å². The molecule has 1 aliphatic heterocycles. The molecule has 0 radical (unpaired) electrons. The van der Waals surface area contributed by atoms with Crippen LogP contribution in [0.2, 0.25) is 0 Å². The van der Waals surface area contributed by atoms with Crippen LogP contribution in [0.3, 0.4) is 0 Å². The molecule has 0 spiro atoms. The standard InChI is InChI=1S/C13H18N2O6/c1-7-4-15(13(19)14-12(7)18)11-3-9(6-20-8(2)17)10(5-16)21-11/h4,9-11,16H,3,5-6H2,1-2H3,(H,14,18,19)/t9?,10-,11-/m1/s1. The Bertz CT molecular complexity index is 634. The molecule has 1 aromatic rings. The number of carbonyl (C=O) groups is 1. The minimum Gasteiger partial charge on any atom is -0.465 e. The average Bonchev–Trinajstić information content (AvgIpc) is 2.83. The van der Waals surface area contributed by atoms with Crippen molar-refractivity contribution in [3.8, 4) is 0 Å². The second kappa shape index (κ2) is 6.23. The third-order valence-corrected chi connectivity index (χ3v) is 3.50. The van der Waals surface area contributed by atoms with Gasteiger partial charge >= 0.3 is 11.7 Å². The molecule has 2 rings (SSSR count). The molecule has 8 nitrogen and oxygen atoms in total. The molecule has 21 heavy (non-hydrogen) atoms. The van der Waals surface area contributed by atoms with Gasteiger partial charge in [0.15, 0.2) is 0 Å². The summed E-state index contributed by atoms with van der Waals surface area (Å²) in [7, 11) is 0. The summed E-state index contributed by atoms with van der Waals surface area (Å²) in [5, 5.41) is 9.32. The molecule has 1 aliphatic rings. The highest BCUT2D eigenvalue weighted by Gasteiger charge is 2.37. The first-order valence-corrected chi connectivity index (χ1v) is 6.64. The van der Waals surface area contributed by atoms with Crippen LogP contribution in [0.25, 0.3) is 0 Å². The van der Waals surface area contributed by atoms with Gasteiger partial charge in [-0.1, -0.05) is 0 Å². The van der Waals surface area contributed by atoms with Gasteiger partial charge in [-0.25, -0.2) is 4.79 Å². The Kier molecular flexibility index (Phi) is 4.59. The Balaban J connectivity index is 2.19. The fourth-order valence-corrected chi connectivity index (χ4v) is 2.35. The van der Waals surface area contributed by atoms with Crippen LogP contribution in [0.4, 0.5) is 0 Å². The number of aromatic amines is 1. The highest BCUT2D eigenvalue weighted by Crippen LogP contribution is 2.32. The third-order valence-electron chi connectivity index (χ3n) is 3.50. The number of nitrogens with one attached hydrogen (secondary N) is 1. The molecular formula is C13H18N2O6. The average molecular weight is 298 g/mol. The minimum atomic E-state index is -0.606. The van der Waals surface area contributed by atoms with E-state index < -0.39 is 29.6 Å². The molecule has 0 saturated carbocycles. The quantitative estimate of drug-likeness (QED) is 0.711. The number of aromatic nitrogens is 2. The van der Waals surface area contributed by atoms with E-state index in [0.717, 1.165) is 0 Å². The Hall–Kier alpha value is -1.93. The summed E-state index contributed by atoms with van der Waals surface area (Å²) in [6.45, 7) is 2.77. The van der Waals surface area contributed by atoms with Crippen LogP contribution in [0, 0.1) is 12.8 Å². The highest BCUT2D eigenvalue weighted by molar-refractivity contribution is 5.65. The second-order valence-corrected chi connectivity index (χ2v) is 5.09. The molecule has 0 aromatic carbocycles. The number of esters is 1. The van der Waals surface area contributed by atoms with Crippen LogP contribution in [0.1, 0.15) is 25.1 Å². The number of hydrogen-bond donors (Lipinski definition) is 2.